The third-order valence-corrected chi connectivity index (χ3v) is 3.47. The van der Waals surface area contributed by atoms with E-state index in [1.165, 1.54) is 0 Å². The van der Waals surface area contributed by atoms with Crippen LogP contribution in [0.25, 0.3) is 0 Å². The molecule has 0 aliphatic carbocycles. The molecule has 0 aliphatic rings. The first-order valence-electron chi connectivity index (χ1n) is 6.45. The zero-order valence-corrected chi connectivity index (χ0v) is 12.3. The number of benzene rings is 2. The van der Waals surface area contributed by atoms with Crippen molar-refractivity contribution in [3.05, 3.63) is 58.6 Å². The molecule has 0 aromatic heterocycles. The van der Waals surface area contributed by atoms with Gasteiger partial charge in [0.1, 0.15) is 11.5 Å². The summed E-state index contributed by atoms with van der Waals surface area (Å²) in [6.07, 6.45) is 0. The van der Waals surface area contributed by atoms with Crippen LogP contribution in [0.3, 0.4) is 0 Å². The fraction of sp³-hybridized carbons (Fsp3) is 0.250. The predicted molar refractivity (Wildman–Crippen MR) is 81.4 cm³/mol. The maximum Gasteiger partial charge on any atom is 0.120 e. The standard InChI is InChI=1S/C16H18ClNO2/c1-11(12-4-3-5-14(17)8-12)18-10-13-9-15(20-2)6-7-16(13)19/h3-9,11,18-19H,10H2,1-2H3. The molecule has 0 saturated carbocycles. The van der Waals surface area contributed by atoms with Crippen molar-refractivity contribution in [1.82, 2.24) is 5.32 Å². The lowest BCUT2D eigenvalue weighted by atomic mass is 10.1. The minimum Gasteiger partial charge on any atom is -0.508 e. The summed E-state index contributed by atoms with van der Waals surface area (Å²) in [6, 6.07) is 13.1. The number of phenols is 1. The highest BCUT2D eigenvalue weighted by atomic mass is 35.5. The Bertz CT molecular complexity index is 586. The Hall–Kier alpha value is -1.71. The number of ether oxygens (including phenoxy) is 1. The highest BCUT2D eigenvalue weighted by Crippen LogP contribution is 2.24. The molecule has 2 rings (SSSR count). The molecule has 4 heteroatoms. The average molecular weight is 292 g/mol. The van der Waals surface area contributed by atoms with Gasteiger partial charge < -0.3 is 15.2 Å². The van der Waals surface area contributed by atoms with E-state index in [4.69, 9.17) is 16.3 Å². The van der Waals surface area contributed by atoms with Gasteiger partial charge in [0, 0.05) is 23.2 Å². The van der Waals surface area contributed by atoms with E-state index in [2.05, 4.69) is 12.2 Å². The van der Waals surface area contributed by atoms with Crippen molar-refractivity contribution >= 4 is 11.6 Å². The molecule has 3 nitrogen and oxygen atoms in total. The summed E-state index contributed by atoms with van der Waals surface area (Å²) < 4.78 is 5.16. The smallest absolute Gasteiger partial charge is 0.120 e. The molecule has 2 aromatic rings. The first-order valence-corrected chi connectivity index (χ1v) is 6.82. The van der Waals surface area contributed by atoms with E-state index in [1.807, 2.05) is 30.3 Å². The zero-order chi connectivity index (χ0) is 14.5. The van der Waals surface area contributed by atoms with Gasteiger partial charge in [-0.3, -0.25) is 0 Å². The van der Waals surface area contributed by atoms with E-state index in [9.17, 15) is 5.11 Å². The van der Waals surface area contributed by atoms with Gasteiger partial charge in [-0.25, -0.2) is 0 Å². The average Bonchev–Trinajstić information content (AvgIpc) is 2.46. The van der Waals surface area contributed by atoms with E-state index < -0.39 is 0 Å². The van der Waals surface area contributed by atoms with Gasteiger partial charge >= 0.3 is 0 Å². The molecule has 2 aromatic carbocycles. The second-order valence-electron chi connectivity index (χ2n) is 4.65. The van der Waals surface area contributed by atoms with Crippen LogP contribution in [-0.4, -0.2) is 12.2 Å². The summed E-state index contributed by atoms with van der Waals surface area (Å²) in [6.45, 7) is 2.61. The van der Waals surface area contributed by atoms with Crippen LogP contribution >= 0.6 is 11.6 Å². The maximum atomic E-state index is 9.84. The number of hydrogen-bond acceptors (Lipinski definition) is 3. The fourth-order valence-corrected chi connectivity index (χ4v) is 2.19. The molecule has 0 spiro atoms. The van der Waals surface area contributed by atoms with Gasteiger partial charge in [0.05, 0.1) is 7.11 Å². The van der Waals surface area contributed by atoms with Gasteiger partial charge in [0.25, 0.3) is 0 Å². The molecule has 1 unspecified atom stereocenters. The van der Waals surface area contributed by atoms with Gasteiger partial charge in [0.15, 0.2) is 0 Å². The van der Waals surface area contributed by atoms with Crippen molar-refractivity contribution in [3.63, 3.8) is 0 Å². The zero-order valence-electron chi connectivity index (χ0n) is 11.6. The quantitative estimate of drug-likeness (QED) is 0.878. The number of aromatic hydroxyl groups is 1. The van der Waals surface area contributed by atoms with Crippen LogP contribution in [-0.2, 0) is 6.54 Å². The van der Waals surface area contributed by atoms with Crippen molar-refractivity contribution in [2.45, 2.75) is 19.5 Å². The molecule has 0 radical (unpaired) electrons. The van der Waals surface area contributed by atoms with Crippen LogP contribution < -0.4 is 10.1 Å². The van der Waals surface area contributed by atoms with E-state index in [0.29, 0.717) is 6.54 Å². The van der Waals surface area contributed by atoms with E-state index in [1.54, 1.807) is 19.2 Å². The number of phenolic OH excluding ortho intramolecular Hbond substituents is 1. The molecular weight excluding hydrogens is 274 g/mol. The van der Waals surface area contributed by atoms with Crippen molar-refractivity contribution in [3.8, 4) is 11.5 Å². The lowest BCUT2D eigenvalue weighted by molar-refractivity contribution is 0.409. The SMILES string of the molecule is COc1ccc(O)c(CNC(C)c2cccc(Cl)c2)c1. The molecule has 1 atom stereocenters. The largest absolute Gasteiger partial charge is 0.508 e. The van der Waals surface area contributed by atoms with Gasteiger partial charge in [0.2, 0.25) is 0 Å². The van der Waals surface area contributed by atoms with Crippen molar-refractivity contribution in [2.75, 3.05) is 7.11 Å². The van der Waals surface area contributed by atoms with Crippen LogP contribution in [0.2, 0.25) is 5.02 Å². The topological polar surface area (TPSA) is 41.5 Å². The van der Waals surface area contributed by atoms with Crippen molar-refractivity contribution < 1.29 is 9.84 Å². The Morgan fingerprint density at radius 3 is 2.75 bits per heavy atom. The molecule has 0 fully saturated rings. The van der Waals surface area contributed by atoms with Crippen molar-refractivity contribution in [2.24, 2.45) is 0 Å². The number of rotatable bonds is 5. The second-order valence-corrected chi connectivity index (χ2v) is 5.09. The van der Waals surface area contributed by atoms with Crippen LogP contribution in [0.1, 0.15) is 24.1 Å². The molecule has 0 amide bonds. The first kappa shape index (κ1) is 14.7. The highest BCUT2D eigenvalue weighted by molar-refractivity contribution is 6.30. The summed E-state index contributed by atoms with van der Waals surface area (Å²) in [7, 11) is 1.61. The van der Waals surface area contributed by atoms with Gasteiger partial charge in [-0.05, 0) is 42.8 Å². The van der Waals surface area contributed by atoms with E-state index in [0.717, 1.165) is 21.9 Å². The predicted octanol–water partition coefficient (Wildman–Crippen LogP) is 3.91. The number of nitrogens with one attached hydrogen (secondary N) is 1. The minimum absolute atomic E-state index is 0.138. The van der Waals surface area contributed by atoms with Gasteiger partial charge in [-0.1, -0.05) is 23.7 Å². The highest BCUT2D eigenvalue weighted by Gasteiger charge is 2.08. The number of methoxy groups -OCH3 is 1. The second kappa shape index (κ2) is 6.64. The molecule has 0 aliphatic heterocycles. The number of hydrogen-bond donors (Lipinski definition) is 2. The molecule has 20 heavy (non-hydrogen) atoms. The van der Waals surface area contributed by atoms with Gasteiger partial charge in [-0.2, -0.15) is 0 Å². The summed E-state index contributed by atoms with van der Waals surface area (Å²) in [5.41, 5.74) is 1.91. The van der Waals surface area contributed by atoms with Crippen molar-refractivity contribution in [1.29, 1.82) is 0 Å². The van der Waals surface area contributed by atoms with Gasteiger partial charge in [-0.15, -0.1) is 0 Å². The third-order valence-electron chi connectivity index (χ3n) is 3.23. The molecular formula is C16H18ClNO2. The number of halogens is 1. The van der Waals surface area contributed by atoms with Crippen LogP contribution in [0, 0.1) is 0 Å². The lowest BCUT2D eigenvalue weighted by Crippen LogP contribution is -2.18. The Balaban J connectivity index is 2.05. The molecule has 2 N–H and O–H groups in total. The van der Waals surface area contributed by atoms with E-state index >= 15 is 0 Å². The molecule has 106 valence electrons. The Kier molecular flexibility index (Phi) is 4.88. The summed E-state index contributed by atoms with van der Waals surface area (Å²) in [5.74, 6) is 0.992. The summed E-state index contributed by atoms with van der Waals surface area (Å²) in [4.78, 5) is 0. The first-order chi connectivity index (χ1) is 9.60. The molecule has 0 bridgehead atoms. The Labute approximate surface area is 124 Å². The normalized spacial score (nSPS) is 12.2. The summed E-state index contributed by atoms with van der Waals surface area (Å²) >= 11 is 5.99. The fourth-order valence-electron chi connectivity index (χ4n) is 1.99. The third kappa shape index (κ3) is 3.65. The minimum atomic E-state index is 0.138. The molecule has 0 heterocycles. The van der Waals surface area contributed by atoms with Crippen LogP contribution in [0.5, 0.6) is 11.5 Å². The lowest BCUT2D eigenvalue weighted by Gasteiger charge is -2.15. The Morgan fingerprint density at radius 1 is 1.25 bits per heavy atom. The van der Waals surface area contributed by atoms with Crippen LogP contribution in [0.15, 0.2) is 42.5 Å². The van der Waals surface area contributed by atoms with E-state index in [-0.39, 0.29) is 11.8 Å². The monoisotopic (exact) mass is 291 g/mol. The maximum absolute atomic E-state index is 9.84. The summed E-state index contributed by atoms with van der Waals surface area (Å²) in [5, 5.41) is 13.9. The molecule has 0 saturated heterocycles. The van der Waals surface area contributed by atoms with Crippen LogP contribution in [0.4, 0.5) is 0 Å². The Morgan fingerprint density at radius 2 is 2.05 bits per heavy atom.